The topological polar surface area (TPSA) is 57.6 Å². The van der Waals surface area contributed by atoms with E-state index in [0.717, 1.165) is 22.0 Å². The third-order valence-electron chi connectivity index (χ3n) is 5.51. The fourth-order valence-corrected chi connectivity index (χ4v) is 4.48. The van der Waals surface area contributed by atoms with Gasteiger partial charge in [0, 0.05) is 21.8 Å². The predicted molar refractivity (Wildman–Crippen MR) is 152 cm³/mol. The summed E-state index contributed by atoms with van der Waals surface area (Å²) in [6.07, 6.45) is 5.35. The Morgan fingerprint density at radius 1 is 0.583 bits per heavy atom. The van der Waals surface area contributed by atoms with Crippen LogP contribution in [0.2, 0.25) is 0 Å². The van der Waals surface area contributed by atoms with Gasteiger partial charge in [0.05, 0.1) is 23.6 Å². The van der Waals surface area contributed by atoms with Crippen LogP contribution in [-0.2, 0) is 0 Å². The summed E-state index contributed by atoms with van der Waals surface area (Å²) >= 11 is 1.79. The fraction of sp³-hybridized carbons (Fsp3) is 0. The van der Waals surface area contributed by atoms with Gasteiger partial charge in [-0.3, -0.25) is 0 Å². The highest BCUT2D eigenvalue weighted by Crippen LogP contribution is 2.19. The third-order valence-corrected chi connectivity index (χ3v) is 6.41. The smallest absolute Gasteiger partial charge is 0.133 e. The Morgan fingerprint density at radius 3 is 2.11 bits per heavy atom. The van der Waals surface area contributed by atoms with Crippen LogP contribution < -0.4 is 0 Å². The lowest BCUT2D eigenvalue weighted by Crippen LogP contribution is -1.63. The normalized spacial score (nSPS) is 10.2. The summed E-state index contributed by atoms with van der Waals surface area (Å²) in [4.78, 5) is 10.2. The fourth-order valence-electron chi connectivity index (χ4n) is 3.69. The van der Waals surface area contributed by atoms with Gasteiger partial charge >= 0.3 is 0 Å². The van der Waals surface area contributed by atoms with Crippen LogP contribution in [0, 0.1) is 0 Å². The molecule has 0 aliphatic carbocycles. The Labute approximate surface area is 212 Å². The number of furan rings is 1. The van der Waals surface area contributed by atoms with Gasteiger partial charge in [-0.15, -0.1) is 11.3 Å². The molecule has 8 rings (SSSR count). The molecule has 36 heavy (non-hydrogen) atoms. The van der Waals surface area contributed by atoms with Crippen LogP contribution in [0.4, 0.5) is 0 Å². The van der Waals surface area contributed by atoms with Gasteiger partial charge in [-0.05, 0) is 64.7 Å². The molecule has 0 fully saturated rings. The molecular formula is C31H25N3OS. The highest BCUT2D eigenvalue weighted by molar-refractivity contribution is 7.17. The van der Waals surface area contributed by atoms with Crippen molar-refractivity contribution in [1.82, 2.24) is 15.0 Å². The molecule has 0 saturated heterocycles. The van der Waals surface area contributed by atoms with E-state index in [1.807, 2.05) is 72.9 Å². The Hall–Kier alpha value is -4.61. The highest BCUT2D eigenvalue weighted by atomic mass is 32.1. The van der Waals surface area contributed by atoms with Crippen LogP contribution in [0.1, 0.15) is 0 Å². The molecule has 0 saturated carbocycles. The van der Waals surface area contributed by atoms with Crippen molar-refractivity contribution >= 4 is 54.3 Å². The summed E-state index contributed by atoms with van der Waals surface area (Å²) < 4.78 is 6.49. The van der Waals surface area contributed by atoms with Gasteiger partial charge in [-0.2, -0.15) is 0 Å². The number of imidazole rings is 1. The van der Waals surface area contributed by atoms with Crippen molar-refractivity contribution in [2.75, 3.05) is 0 Å². The van der Waals surface area contributed by atoms with Gasteiger partial charge in [0.2, 0.25) is 0 Å². The number of para-hydroxylation sites is 4. The molecule has 0 aliphatic heterocycles. The lowest BCUT2D eigenvalue weighted by Gasteiger charge is -1.83. The lowest BCUT2D eigenvalue weighted by atomic mass is 10.3. The Kier molecular flexibility index (Phi) is 7.52. The second-order valence-corrected chi connectivity index (χ2v) is 8.85. The van der Waals surface area contributed by atoms with E-state index < -0.39 is 0 Å². The summed E-state index contributed by atoms with van der Waals surface area (Å²) in [5, 5.41) is 5.91. The molecule has 176 valence electrons. The molecule has 0 atom stereocenters. The van der Waals surface area contributed by atoms with Crippen molar-refractivity contribution in [3.05, 3.63) is 139 Å². The van der Waals surface area contributed by atoms with Crippen LogP contribution in [0.5, 0.6) is 0 Å². The number of benzene rings is 4. The van der Waals surface area contributed by atoms with E-state index in [1.54, 1.807) is 23.9 Å². The second-order valence-electron chi connectivity index (χ2n) is 7.90. The zero-order valence-corrected chi connectivity index (χ0v) is 20.4. The van der Waals surface area contributed by atoms with E-state index in [1.165, 1.54) is 21.0 Å². The van der Waals surface area contributed by atoms with E-state index in [4.69, 9.17) is 4.42 Å². The Morgan fingerprint density at radius 2 is 1.31 bits per heavy atom. The van der Waals surface area contributed by atoms with E-state index >= 15 is 0 Å². The third kappa shape index (κ3) is 5.90. The maximum Gasteiger partial charge on any atom is 0.133 e. The minimum Gasteiger partial charge on any atom is -0.464 e. The number of aromatic nitrogens is 3. The summed E-state index contributed by atoms with van der Waals surface area (Å²) in [5.41, 5.74) is 4.28. The number of nitrogens with zero attached hydrogens (tertiary/aromatic N) is 1. The predicted octanol–water partition coefficient (Wildman–Crippen LogP) is 9.06. The Balaban J connectivity index is 0.0000000988. The first-order chi connectivity index (χ1) is 17.9. The average Bonchev–Trinajstić information content (AvgIpc) is 3.76. The van der Waals surface area contributed by atoms with Crippen LogP contribution in [0.15, 0.2) is 144 Å². The van der Waals surface area contributed by atoms with Gasteiger partial charge in [0.25, 0.3) is 0 Å². The van der Waals surface area contributed by atoms with E-state index in [9.17, 15) is 0 Å². The maximum absolute atomic E-state index is 5.12. The molecule has 2 N–H and O–H groups in total. The molecule has 0 bridgehead atoms. The molecule has 8 aromatic rings. The number of rotatable bonds is 0. The minimum atomic E-state index is 0.956. The number of hydrogen-bond donors (Lipinski definition) is 2. The first-order valence-corrected chi connectivity index (χ1v) is 12.5. The van der Waals surface area contributed by atoms with Crippen LogP contribution in [0.3, 0.4) is 0 Å². The Bertz CT molecular complexity index is 1390. The van der Waals surface area contributed by atoms with E-state index in [0.29, 0.717) is 0 Å². The summed E-state index contributed by atoms with van der Waals surface area (Å²) in [7, 11) is 0. The minimum absolute atomic E-state index is 0.956. The molecule has 4 nitrogen and oxygen atoms in total. The molecular weight excluding hydrogens is 462 g/mol. The first kappa shape index (κ1) is 23.1. The molecule has 0 amide bonds. The first-order valence-electron chi connectivity index (χ1n) is 11.6. The number of H-pyrrole nitrogens is 2. The van der Waals surface area contributed by atoms with E-state index in [2.05, 4.69) is 68.9 Å². The summed E-state index contributed by atoms with van der Waals surface area (Å²) in [6, 6.07) is 38.7. The molecule has 4 aromatic carbocycles. The quantitative estimate of drug-likeness (QED) is 0.224. The second kappa shape index (κ2) is 11.7. The number of nitrogens with one attached hydrogen (secondary N) is 2. The monoisotopic (exact) mass is 487 g/mol. The van der Waals surface area contributed by atoms with Crippen LogP contribution in [0.25, 0.3) is 43.0 Å². The lowest BCUT2D eigenvalue weighted by molar-refractivity contribution is 0.616. The standard InChI is InChI=1S/C8H7N.C8H6O.C8H6S.C7H6N2/c3*1-2-4-8-7(3-1)5-6-9-8;1-2-4-7-6(3-1)8-5-9-7/h1-6,9H;2*1-6H;1-5H,(H,8,9). The molecule has 0 radical (unpaired) electrons. The van der Waals surface area contributed by atoms with Gasteiger partial charge in [-0.25, -0.2) is 4.98 Å². The van der Waals surface area contributed by atoms with Gasteiger partial charge in [-0.1, -0.05) is 66.7 Å². The molecule has 4 heterocycles. The highest BCUT2D eigenvalue weighted by Gasteiger charge is 1.90. The van der Waals surface area contributed by atoms with Crippen molar-refractivity contribution in [3.8, 4) is 0 Å². The molecule has 4 aromatic heterocycles. The molecule has 0 spiro atoms. The van der Waals surface area contributed by atoms with Gasteiger partial charge < -0.3 is 14.4 Å². The molecule has 0 unspecified atom stereocenters. The van der Waals surface area contributed by atoms with Crippen molar-refractivity contribution in [3.63, 3.8) is 0 Å². The number of aromatic amines is 2. The maximum atomic E-state index is 5.12. The zero-order valence-electron chi connectivity index (χ0n) is 19.5. The van der Waals surface area contributed by atoms with Crippen LogP contribution in [-0.4, -0.2) is 15.0 Å². The van der Waals surface area contributed by atoms with Crippen molar-refractivity contribution in [2.45, 2.75) is 0 Å². The van der Waals surface area contributed by atoms with Crippen molar-refractivity contribution in [1.29, 1.82) is 0 Å². The van der Waals surface area contributed by atoms with Crippen molar-refractivity contribution in [2.24, 2.45) is 0 Å². The molecule has 5 heteroatoms. The van der Waals surface area contributed by atoms with Gasteiger partial charge in [0.15, 0.2) is 0 Å². The summed E-state index contributed by atoms with van der Waals surface area (Å²) in [6.45, 7) is 0. The van der Waals surface area contributed by atoms with Crippen molar-refractivity contribution < 1.29 is 4.42 Å². The number of thiophene rings is 1. The van der Waals surface area contributed by atoms with E-state index in [-0.39, 0.29) is 0 Å². The summed E-state index contributed by atoms with van der Waals surface area (Å²) in [5.74, 6) is 0. The largest absolute Gasteiger partial charge is 0.464 e. The number of fused-ring (bicyclic) bond motifs is 4. The SMILES string of the molecule is c1ccc2[nH]ccc2c1.c1ccc2[nH]cnc2c1.c1ccc2occc2c1.c1ccc2sccc2c1. The molecule has 0 aliphatic rings. The number of hydrogen-bond acceptors (Lipinski definition) is 3. The average molecular weight is 488 g/mol. The van der Waals surface area contributed by atoms with Crippen LogP contribution >= 0.6 is 11.3 Å². The van der Waals surface area contributed by atoms with Gasteiger partial charge in [0.1, 0.15) is 5.58 Å². The zero-order chi connectivity index (χ0) is 24.4.